The van der Waals surface area contributed by atoms with Gasteiger partial charge in [0.2, 0.25) is 0 Å². The second-order valence-electron chi connectivity index (χ2n) is 7.49. The first-order valence-corrected chi connectivity index (χ1v) is 10.4. The Balaban J connectivity index is 1.72. The molecule has 0 radical (unpaired) electrons. The van der Waals surface area contributed by atoms with Gasteiger partial charge in [-0.3, -0.25) is 9.97 Å². The van der Waals surface area contributed by atoms with Gasteiger partial charge in [-0.15, -0.1) is 11.8 Å². The predicted octanol–water partition coefficient (Wildman–Crippen LogP) is 5.83. The maximum absolute atomic E-state index is 13.8. The van der Waals surface area contributed by atoms with E-state index in [4.69, 9.17) is 0 Å². The Labute approximate surface area is 167 Å². The molecule has 148 valence electrons. The van der Waals surface area contributed by atoms with E-state index >= 15 is 0 Å². The molecule has 7 heteroatoms. The van der Waals surface area contributed by atoms with Crippen LogP contribution in [0.4, 0.5) is 13.2 Å². The molecular formula is C21H22F3N3S. The van der Waals surface area contributed by atoms with Gasteiger partial charge in [0.25, 0.3) is 0 Å². The van der Waals surface area contributed by atoms with E-state index in [0.717, 1.165) is 43.2 Å². The molecule has 3 nitrogen and oxygen atoms in total. The van der Waals surface area contributed by atoms with Crippen molar-refractivity contribution >= 4 is 11.8 Å². The molecule has 4 rings (SSSR count). The Morgan fingerprint density at radius 1 is 1.04 bits per heavy atom. The summed E-state index contributed by atoms with van der Waals surface area (Å²) in [6.07, 6.45) is 7.40. The summed E-state index contributed by atoms with van der Waals surface area (Å²) >= 11 is 1.21. The number of hydrogen-bond donors (Lipinski definition) is 0. The van der Waals surface area contributed by atoms with E-state index in [1.165, 1.54) is 17.2 Å². The number of hydrogen-bond acceptors (Lipinski definition) is 4. The van der Waals surface area contributed by atoms with Gasteiger partial charge in [0.05, 0.1) is 0 Å². The van der Waals surface area contributed by atoms with Crippen LogP contribution in [-0.4, -0.2) is 27.6 Å². The summed E-state index contributed by atoms with van der Waals surface area (Å²) in [4.78, 5) is 9.91. The standard InChI is InChI=1S/C21H22F3N3S/c22-21(23,24)18-14-28-19(16-6-4-10-25-12-16)27(18)15-20(8-2-1-3-9-20)17-7-5-11-26-13-17/h4-7,10-14,19H,1-3,8-9,15H2. The first-order valence-electron chi connectivity index (χ1n) is 9.50. The molecule has 3 heterocycles. The second-order valence-corrected chi connectivity index (χ2v) is 8.44. The zero-order chi connectivity index (χ0) is 19.6. The van der Waals surface area contributed by atoms with E-state index in [0.29, 0.717) is 6.54 Å². The average Bonchev–Trinajstić information content (AvgIpc) is 3.14. The summed E-state index contributed by atoms with van der Waals surface area (Å²) in [6.45, 7) is 0.330. The number of nitrogens with zero attached hydrogens (tertiary/aromatic N) is 3. The lowest BCUT2D eigenvalue weighted by atomic mass is 9.69. The number of pyridine rings is 2. The molecule has 1 aliphatic heterocycles. The molecule has 2 aliphatic rings. The van der Waals surface area contributed by atoms with Crippen molar-refractivity contribution in [3.63, 3.8) is 0 Å². The normalized spacial score (nSPS) is 22.2. The molecule has 0 saturated heterocycles. The number of halogens is 3. The molecular weight excluding hydrogens is 383 g/mol. The Bertz CT molecular complexity index is 818. The number of allylic oxidation sites excluding steroid dienone is 1. The van der Waals surface area contributed by atoms with E-state index < -0.39 is 17.2 Å². The summed E-state index contributed by atoms with van der Waals surface area (Å²) in [5.74, 6) is 0. The van der Waals surface area contributed by atoms with Crippen molar-refractivity contribution in [1.82, 2.24) is 14.9 Å². The lowest BCUT2D eigenvalue weighted by Crippen LogP contribution is -2.44. The van der Waals surface area contributed by atoms with Crippen LogP contribution in [0.15, 0.2) is 60.2 Å². The fourth-order valence-corrected chi connectivity index (χ4v) is 5.50. The summed E-state index contributed by atoms with van der Waals surface area (Å²) in [6, 6.07) is 7.51. The van der Waals surface area contributed by atoms with Crippen molar-refractivity contribution in [3.8, 4) is 0 Å². The summed E-state index contributed by atoms with van der Waals surface area (Å²) in [5.41, 5.74) is 0.959. The van der Waals surface area contributed by atoms with Crippen LogP contribution in [0, 0.1) is 0 Å². The quantitative estimate of drug-likeness (QED) is 0.640. The second kappa shape index (κ2) is 7.78. The van der Waals surface area contributed by atoms with Gasteiger partial charge in [-0.1, -0.05) is 31.4 Å². The molecule has 1 aliphatic carbocycles. The lowest BCUT2D eigenvalue weighted by molar-refractivity contribution is -0.113. The highest BCUT2D eigenvalue weighted by molar-refractivity contribution is 8.02. The van der Waals surface area contributed by atoms with Gasteiger partial charge in [-0.25, -0.2) is 0 Å². The van der Waals surface area contributed by atoms with Crippen molar-refractivity contribution in [2.45, 2.75) is 49.1 Å². The molecule has 0 amide bonds. The van der Waals surface area contributed by atoms with Gasteiger partial charge in [0.15, 0.2) is 0 Å². The molecule has 0 bridgehead atoms. The monoisotopic (exact) mass is 405 g/mol. The van der Waals surface area contributed by atoms with Crippen LogP contribution < -0.4 is 0 Å². The molecule has 1 atom stereocenters. The number of thioether (sulfide) groups is 1. The van der Waals surface area contributed by atoms with Crippen molar-refractivity contribution in [2.75, 3.05) is 6.54 Å². The highest BCUT2D eigenvalue weighted by Gasteiger charge is 2.47. The van der Waals surface area contributed by atoms with Crippen LogP contribution in [0.1, 0.15) is 48.6 Å². The summed E-state index contributed by atoms with van der Waals surface area (Å²) < 4.78 is 41.5. The van der Waals surface area contributed by atoms with E-state index in [9.17, 15) is 13.2 Å². The molecule has 0 N–H and O–H groups in total. The number of alkyl halides is 3. The maximum atomic E-state index is 13.8. The molecule has 2 aromatic rings. The van der Waals surface area contributed by atoms with Crippen molar-refractivity contribution in [2.24, 2.45) is 0 Å². The first-order chi connectivity index (χ1) is 13.5. The zero-order valence-electron chi connectivity index (χ0n) is 15.4. The lowest BCUT2D eigenvalue weighted by Gasteiger charge is -2.43. The smallest absolute Gasteiger partial charge is 0.350 e. The Hall–Kier alpha value is -2.02. The zero-order valence-corrected chi connectivity index (χ0v) is 16.2. The third-order valence-corrected chi connectivity index (χ3v) is 6.86. The highest BCUT2D eigenvalue weighted by Crippen LogP contribution is 2.51. The van der Waals surface area contributed by atoms with Gasteiger partial charge < -0.3 is 4.90 Å². The van der Waals surface area contributed by atoms with Crippen LogP contribution in [0.3, 0.4) is 0 Å². The molecule has 1 fully saturated rings. The average molecular weight is 405 g/mol. The maximum Gasteiger partial charge on any atom is 0.431 e. The van der Waals surface area contributed by atoms with Crippen LogP contribution in [-0.2, 0) is 5.41 Å². The number of aromatic nitrogens is 2. The first kappa shape index (κ1) is 19.3. The Kier molecular flexibility index (Phi) is 5.36. The molecule has 0 aromatic carbocycles. The van der Waals surface area contributed by atoms with Crippen molar-refractivity contribution in [3.05, 3.63) is 71.3 Å². The molecule has 2 aromatic heterocycles. The molecule has 1 saturated carbocycles. The van der Waals surface area contributed by atoms with Crippen LogP contribution >= 0.6 is 11.8 Å². The Morgan fingerprint density at radius 2 is 1.75 bits per heavy atom. The van der Waals surface area contributed by atoms with E-state index in [-0.39, 0.29) is 5.41 Å². The van der Waals surface area contributed by atoms with Gasteiger partial charge in [-0.2, -0.15) is 13.2 Å². The topological polar surface area (TPSA) is 29.0 Å². The number of rotatable bonds is 4. The van der Waals surface area contributed by atoms with Crippen molar-refractivity contribution in [1.29, 1.82) is 0 Å². The summed E-state index contributed by atoms with van der Waals surface area (Å²) in [7, 11) is 0. The third kappa shape index (κ3) is 3.77. The van der Waals surface area contributed by atoms with Gasteiger partial charge >= 0.3 is 6.18 Å². The largest absolute Gasteiger partial charge is 0.431 e. The fraction of sp³-hybridized carbons (Fsp3) is 0.429. The van der Waals surface area contributed by atoms with E-state index in [2.05, 4.69) is 9.97 Å². The highest BCUT2D eigenvalue weighted by atomic mass is 32.2. The minimum Gasteiger partial charge on any atom is -0.350 e. The SMILES string of the molecule is FC(F)(F)C1=CSC(c2cccnc2)N1CC1(c2cccnc2)CCCCC1. The Morgan fingerprint density at radius 3 is 2.36 bits per heavy atom. The molecule has 0 spiro atoms. The predicted molar refractivity (Wildman–Crippen MR) is 104 cm³/mol. The van der Waals surface area contributed by atoms with Crippen molar-refractivity contribution < 1.29 is 13.2 Å². The van der Waals surface area contributed by atoms with Gasteiger partial charge in [0, 0.05) is 47.7 Å². The summed E-state index contributed by atoms with van der Waals surface area (Å²) in [5, 5.41) is 0.845. The van der Waals surface area contributed by atoms with E-state index in [1.54, 1.807) is 29.6 Å². The third-order valence-electron chi connectivity index (χ3n) is 5.72. The molecule has 28 heavy (non-hydrogen) atoms. The van der Waals surface area contributed by atoms with Crippen LogP contribution in [0.5, 0.6) is 0 Å². The minimum atomic E-state index is -4.38. The minimum absolute atomic E-state index is 0.317. The van der Waals surface area contributed by atoms with Crippen LogP contribution in [0.25, 0.3) is 0 Å². The van der Waals surface area contributed by atoms with Gasteiger partial charge in [0.1, 0.15) is 11.1 Å². The van der Waals surface area contributed by atoms with Crippen LogP contribution in [0.2, 0.25) is 0 Å². The van der Waals surface area contributed by atoms with Gasteiger partial charge in [-0.05, 0) is 30.5 Å². The van der Waals surface area contributed by atoms with E-state index in [1.807, 2.05) is 24.4 Å². The fourth-order valence-electron chi connectivity index (χ4n) is 4.34. The molecule has 1 unspecified atom stereocenters.